The molecule has 0 saturated carbocycles. The molecule has 0 bridgehead atoms. The number of benzene rings is 1. The van der Waals surface area contributed by atoms with Crippen LogP contribution in [0.5, 0.6) is 0 Å². The van der Waals surface area contributed by atoms with Crippen molar-refractivity contribution in [3.63, 3.8) is 0 Å². The number of nitrogens with zero attached hydrogens (tertiary/aromatic N) is 1. The van der Waals surface area contributed by atoms with E-state index in [1.54, 1.807) is 0 Å². The lowest BCUT2D eigenvalue weighted by atomic mass is 10.1. The molecule has 3 nitrogen and oxygen atoms in total. The van der Waals surface area contributed by atoms with Crippen molar-refractivity contribution < 1.29 is 4.79 Å². The van der Waals surface area contributed by atoms with E-state index in [0.717, 1.165) is 18.5 Å². The third-order valence-corrected chi connectivity index (χ3v) is 3.79. The second-order valence-electron chi connectivity index (χ2n) is 5.28. The van der Waals surface area contributed by atoms with Crippen LogP contribution in [0.3, 0.4) is 0 Å². The highest BCUT2D eigenvalue weighted by Gasteiger charge is 2.36. The number of amides is 1. The van der Waals surface area contributed by atoms with Crippen LogP contribution in [0.2, 0.25) is 0 Å². The van der Waals surface area contributed by atoms with Crippen molar-refractivity contribution in [1.82, 2.24) is 10.2 Å². The summed E-state index contributed by atoms with van der Waals surface area (Å²) >= 11 is 0. The van der Waals surface area contributed by atoms with Crippen LogP contribution in [0.15, 0.2) is 30.3 Å². The minimum absolute atomic E-state index is 0.138. The van der Waals surface area contributed by atoms with Crippen molar-refractivity contribution >= 4 is 5.91 Å². The van der Waals surface area contributed by atoms with Crippen molar-refractivity contribution in [3.05, 3.63) is 35.9 Å². The van der Waals surface area contributed by atoms with Gasteiger partial charge >= 0.3 is 0 Å². The summed E-state index contributed by atoms with van der Waals surface area (Å²) in [6.45, 7) is 5.15. The number of carbonyl (C=O) groups excluding carboxylic acids is 1. The van der Waals surface area contributed by atoms with Crippen LogP contribution < -0.4 is 5.32 Å². The summed E-state index contributed by atoms with van der Waals surface area (Å²) in [5.74, 6) is 0.218. The zero-order valence-electron chi connectivity index (χ0n) is 11.9. The number of carbonyl (C=O) groups is 1. The van der Waals surface area contributed by atoms with E-state index in [2.05, 4.69) is 19.2 Å². The van der Waals surface area contributed by atoms with Gasteiger partial charge in [0.1, 0.15) is 6.04 Å². The molecule has 1 heterocycles. The first-order valence-corrected chi connectivity index (χ1v) is 7.35. The Hall–Kier alpha value is -1.35. The van der Waals surface area contributed by atoms with Gasteiger partial charge in [0.15, 0.2) is 0 Å². The first-order valence-electron chi connectivity index (χ1n) is 7.35. The molecule has 104 valence electrons. The number of rotatable bonds is 6. The Bertz CT molecular complexity index is 404. The van der Waals surface area contributed by atoms with Crippen LogP contribution in [0.25, 0.3) is 0 Å². The van der Waals surface area contributed by atoms with E-state index in [4.69, 9.17) is 0 Å². The summed E-state index contributed by atoms with van der Waals surface area (Å²) in [6.07, 6.45) is 4.94. The molecule has 2 rings (SSSR count). The molecule has 3 heteroatoms. The Morgan fingerprint density at radius 3 is 2.58 bits per heavy atom. The van der Waals surface area contributed by atoms with Gasteiger partial charge in [0.05, 0.1) is 6.17 Å². The Balaban J connectivity index is 1.95. The van der Waals surface area contributed by atoms with Gasteiger partial charge in [-0.05, 0) is 18.9 Å². The number of hydrogen-bond donors (Lipinski definition) is 1. The Morgan fingerprint density at radius 1 is 1.16 bits per heavy atom. The van der Waals surface area contributed by atoms with E-state index in [1.165, 1.54) is 19.3 Å². The van der Waals surface area contributed by atoms with Gasteiger partial charge in [-0.25, -0.2) is 0 Å². The molecule has 1 amide bonds. The number of nitrogens with one attached hydrogen (secondary N) is 1. The zero-order valence-corrected chi connectivity index (χ0v) is 11.9. The smallest absolute Gasteiger partial charge is 0.245 e. The van der Waals surface area contributed by atoms with Crippen molar-refractivity contribution in [2.24, 2.45) is 0 Å². The highest BCUT2D eigenvalue weighted by molar-refractivity contribution is 5.85. The van der Waals surface area contributed by atoms with Crippen LogP contribution >= 0.6 is 0 Å². The van der Waals surface area contributed by atoms with Gasteiger partial charge in [-0.15, -0.1) is 0 Å². The van der Waals surface area contributed by atoms with E-state index >= 15 is 0 Å². The molecular formula is C16H24N2O. The van der Waals surface area contributed by atoms with Crippen LogP contribution in [-0.2, 0) is 4.79 Å². The molecule has 1 aliphatic heterocycles. The fourth-order valence-corrected chi connectivity index (χ4v) is 2.66. The molecule has 2 atom stereocenters. The molecular weight excluding hydrogens is 236 g/mol. The second kappa shape index (κ2) is 6.71. The fourth-order valence-electron chi connectivity index (χ4n) is 2.66. The van der Waals surface area contributed by atoms with Gasteiger partial charge in [-0.2, -0.15) is 0 Å². The fraction of sp³-hybridized carbons (Fsp3) is 0.562. The molecule has 1 aliphatic rings. The largest absolute Gasteiger partial charge is 0.326 e. The summed E-state index contributed by atoms with van der Waals surface area (Å²) in [4.78, 5) is 14.4. The van der Waals surface area contributed by atoms with Gasteiger partial charge in [-0.1, -0.05) is 56.5 Å². The molecule has 1 aromatic carbocycles. The van der Waals surface area contributed by atoms with E-state index < -0.39 is 0 Å². The quantitative estimate of drug-likeness (QED) is 0.797. The summed E-state index contributed by atoms with van der Waals surface area (Å²) in [6, 6.07) is 9.82. The Labute approximate surface area is 116 Å². The van der Waals surface area contributed by atoms with Gasteiger partial charge in [-0.3, -0.25) is 10.1 Å². The van der Waals surface area contributed by atoms with E-state index in [9.17, 15) is 4.79 Å². The lowest BCUT2D eigenvalue weighted by molar-refractivity contribution is -0.130. The standard InChI is InChI=1S/C16H24N2O/c1-3-4-5-9-12-18-13(2)17-15(16(18)19)14-10-7-6-8-11-14/h6-8,10-11,13,15,17H,3-5,9,12H2,1-2H3. The molecule has 19 heavy (non-hydrogen) atoms. The zero-order chi connectivity index (χ0) is 13.7. The van der Waals surface area contributed by atoms with E-state index in [-0.39, 0.29) is 18.1 Å². The maximum atomic E-state index is 12.4. The molecule has 1 aromatic rings. The molecule has 1 saturated heterocycles. The SMILES string of the molecule is CCCCCCN1C(=O)C(c2ccccc2)NC1C. The molecule has 1 N–H and O–H groups in total. The summed E-state index contributed by atoms with van der Waals surface area (Å²) < 4.78 is 0. The van der Waals surface area contributed by atoms with E-state index in [0.29, 0.717) is 0 Å². The van der Waals surface area contributed by atoms with Crippen LogP contribution in [-0.4, -0.2) is 23.5 Å². The average Bonchev–Trinajstić information content (AvgIpc) is 2.72. The molecule has 0 spiro atoms. The first kappa shape index (κ1) is 14.1. The predicted octanol–water partition coefficient (Wildman–Crippen LogP) is 3.09. The predicted molar refractivity (Wildman–Crippen MR) is 77.6 cm³/mol. The number of hydrogen-bond acceptors (Lipinski definition) is 2. The molecule has 0 radical (unpaired) electrons. The third-order valence-electron chi connectivity index (χ3n) is 3.79. The monoisotopic (exact) mass is 260 g/mol. The van der Waals surface area contributed by atoms with Gasteiger partial charge < -0.3 is 4.90 Å². The van der Waals surface area contributed by atoms with Crippen molar-refractivity contribution in [1.29, 1.82) is 0 Å². The number of unbranched alkanes of at least 4 members (excludes halogenated alkanes) is 3. The van der Waals surface area contributed by atoms with Crippen LogP contribution in [0.4, 0.5) is 0 Å². The maximum absolute atomic E-state index is 12.4. The molecule has 1 fully saturated rings. The normalized spacial score (nSPS) is 23.1. The first-order chi connectivity index (χ1) is 9.24. The van der Waals surface area contributed by atoms with Crippen molar-refractivity contribution in [3.8, 4) is 0 Å². The van der Waals surface area contributed by atoms with Crippen LogP contribution in [0, 0.1) is 0 Å². The topological polar surface area (TPSA) is 32.3 Å². The van der Waals surface area contributed by atoms with Crippen LogP contribution in [0.1, 0.15) is 51.1 Å². The highest BCUT2D eigenvalue weighted by Crippen LogP contribution is 2.24. The maximum Gasteiger partial charge on any atom is 0.245 e. The van der Waals surface area contributed by atoms with Gasteiger partial charge in [0, 0.05) is 6.54 Å². The lowest BCUT2D eigenvalue weighted by Crippen LogP contribution is -2.35. The minimum atomic E-state index is -0.164. The summed E-state index contributed by atoms with van der Waals surface area (Å²) in [5, 5.41) is 3.39. The Kier molecular flexibility index (Phi) is 4.97. The molecule has 0 aliphatic carbocycles. The summed E-state index contributed by atoms with van der Waals surface area (Å²) in [5.41, 5.74) is 1.07. The van der Waals surface area contributed by atoms with Crippen molar-refractivity contribution in [2.75, 3.05) is 6.54 Å². The summed E-state index contributed by atoms with van der Waals surface area (Å²) in [7, 11) is 0. The molecule has 0 aromatic heterocycles. The van der Waals surface area contributed by atoms with Gasteiger partial charge in [0.25, 0.3) is 0 Å². The third kappa shape index (κ3) is 3.35. The minimum Gasteiger partial charge on any atom is -0.326 e. The van der Waals surface area contributed by atoms with Crippen molar-refractivity contribution in [2.45, 2.75) is 51.7 Å². The Morgan fingerprint density at radius 2 is 1.89 bits per heavy atom. The van der Waals surface area contributed by atoms with E-state index in [1.807, 2.05) is 35.2 Å². The highest BCUT2D eigenvalue weighted by atomic mass is 16.2. The lowest BCUT2D eigenvalue weighted by Gasteiger charge is -2.20. The van der Waals surface area contributed by atoms with Gasteiger partial charge in [0.2, 0.25) is 5.91 Å². The molecule has 2 unspecified atom stereocenters. The average molecular weight is 260 g/mol. The second-order valence-corrected chi connectivity index (χ2v) is 5.28.